The Hall–Kier alpha value is -1.38. The van der Waals surface area contributed by atoms with Crippen molar-refractivity contribution in [2.75, 3.05) is 0 Å². The van der Waals surface area contributed by atoms with Crippen LogP contribution in [0, 0.1) is 0 Å². The molecule has 0 saturated heterocycles. The molecule has 0 spiro atoms. The Bertz CT molecular complexity index is 338. The minimum Gasteiger partial charge on any atom is -0.350 e. The Morgan fingerprint density at radius 1 is 1.22 bits per heavy atom. The first kappa shape index (κ1) is 14.7. The van der Waals surface area contributed by atoms with Gasteiger partial charge in [0.1, 0.15) is 0 Å². The number of nitrogens with zero attached hydrogens (tertiary/aromatic N) is 1. The normalized spacial score (nSPS) is 12.1. The van der Waals surface area contributed by atoms with Crippen molar-refractivity contribution in [2.24, 2.45) is 0 Å². The lowest BCUT2D eigenvalue weighted by Crippen LogP contribution is -2.26. The van der Waals surface area contributed by atoms with Crippen LogP contribution >= 0.6 is 0 Å². The van der Waals surface area contributed by atoms with Gasteiger partial charge in [0.05, 0.1) is 6.04 Å². The number of hydrogen-bond donors (Lipinski definition) is 1. The Morgan fingerprint density at radius 2 is 1.89 bits per heavy atom. The van der Waals surface area contributed by atoms with E-state index in [0.717, 1.165) is 18.4 Å². The highest BCUT2D eigenvalue weighted by atomic mass is 16.1. The number of carbonyl (C=O) groups excluding carboxylic acids is 1. The quantitative estimate of drug-likeness (QED) is 0.714. The van der Waals surface area contributed by atoms with Gasteiger partial charge in [0.15, 0.2) is 0 Å². The molecule has 0 aromatic carbocycles. The first-order chi connectivity index (χ1) is 8.74. The van der Waals surface area contributed by atoms with E-state index in [0.29, 0.717) is 6.42 Å². The Morgan fingerprint density at radius 3 is 2.56 bits per heavy atom. The van der Waals surface area contributed by atoms with Gasteiger partial charge in [0.25, 0.3) is 0 Å². The molecule has 0 aliphatic carbocycles. The lowest BCUT2D eigenvalue weighted by atomic mass is 10.1. The summed E-state index contributed by atoms with van der Waals surface area (Å²) in [5, 5.41) is 3.02. The predicted octanol–water partition coefficient (Wildman–Crippen LogP) is 3.62. The lowest BCUT2D eigenvalue weighted by molar-refractivity contribution is -0.121. The summed E-state index contributed by atoms with van der Waals surface area (Å²) in [6.45, 7) is 4.20. The molecule has 0 saturated carbocycles. The number of aromatic nitrogens is 1. The van der Waals surface area contributed by atoms with Crippen molar-refractivity contribution in [1.29, 1.82) is 0 Å². The van der Waals surface area contributed by atoms with Gasteiger partial charge in [0, 0.05) is 18.8 Å². The van der Waals surface area contributed by atoms with Crippen molar-refractivity contribution in [2.45, 2.75) is 58.4 Å². The summed E-state index contributed by atoms with van der Waals surface area (Å²) in [4.78, 5) is 15.7. The van der Waals surface area contributed by atoms with Crippen LogP contribution in [0.2, 0.25) is 0 Å². The molecule has 1 rings (SSSR count). The molecule has 100 valence electrons. The number of hydrogen-bond acceptors (Lipinski definition) is 2. The maximum absolute atomic E-state index is 11.7. The Kier molecular flexibility index (Phi) is 7.07. The molecule has 18 heavy (non-hydrogen) atoms. The first-order valence-electron chi connectivity index (χ1n) is 6.93. The van der Waals surface area contributed by atoms with Gasteiger partial charge in [-0.15, -0.1) is 0 Å². The van der Waals surface area contributed by atoms with E-state index in [1.165, 1.54) is 19.3 Å². The smallest absolute Gasteiger partial charge is 0.220 e. The summed E-state index contributed by atoms with van der Waals surface area (Å²) in [6, 6.07) is 3.94. The van der Waals surface area contributed by atoms with Gasteiger partial charge in [0.2, 0.25) is 5.91 Å². The monoisotopic (exact) mass is 248 g/mol. The summed E-state index contributed by atoms with van der Waals surface area (Å²) in [7, 11) is 0. The molecule has 0 aliphatic rings. The number of carbonyl (C=O) groups is 1. The van der Waals surface area contributed by atoms with Crippen LogP contribution in [-0.4, -0.2) is 10.9 Å². The van der Waals surface area contributed by atoms with Gasteiger partial charge in [-0.05, 0) is 31.0 Å². The van der Waals surface area contributed by atoms with E-state index >= 15 is 0 Å². The first-order valence-corrected chi connectivity index (χ1v) is 6.93. The second kappa shape index (κ2) is 8.67. The van der Waals surface area contributed by atoms with Crippen LogP contribution in [0.1, 0.15) is 64.0 Å². The van der Waals surface area contributed by atoms with Crippen LogP contribution in [0.25, 0.3) is 0 Å². The molecule has 0 aliphatic heterocycles. The highest BCUT2D eigenvalue weighted by Gasteiger charge is 2.08. The van der Waals surface area contributed by atoms with E-state index in [4.69, 9.17) is 0 Å². The van der Waals surface area contributed by atoms with Crippen molar-refractivity contribution in [3.05, 3.63) is 30.1 Å². The largest absolute Gasteiger partial charge is 0.350 e. The van der Waals surface area contributed by atoms with Gasteiger partial charge in [-0.25, -0.2) is 0 Å². The minimum atomic E-state index is 0.0659. The molecular formula is C15H24N2O. The van der Waals surface area contributed by atoms with Crippen molar-refractivity contribution >= 4 is 5.91 Å². The highest BCUT2D eigenvalue weighted by Crippen LogP contribution is 2.11. The number of nitrogens with one attached hydrogen (secondary N) is 1. The molecule has 1 heterocycles. The molecule has 1 unspecified atom stereocenters. The standard InChI is InChI=1S/C15H24N2O/c1-3-4-5-6-7-8-15(18)17-13(2)14-9-11-16-12-10-14/h9-13H,3-8H2,1-2H3,(H,17,18). The van der Waals surface area contributed by atoms with E-state index in [2.05, 4.69) is 17.2 Å². The molecule has 0 bridgehead atoms. The number of pyridine rings is 1. The van der Waals surface area contributed by atoms with Crippen LogP contribution in [0.4, 0.5) is 0 Å². The molecule has 1 amide bonds. The number of rotatable bonds is 8. The fourth-order valence-corrected chi connectivity index (χ4v) is 1.94. The fourth-order valence-electron chi connectivity index (χ4n) is 1.94. The zero-order valence-corrected chi connectivity index (χ0v) is 11.5. The molecule has 0 fully saturated rings. The fraction of sp³-hybridized carbons (Fsp3) is 0.600. The predicted molar refractivity (Wildman–Crippen MR) is 74.2 cm³/mol. The summed E-state index contributed by atoms with van der Waals surface area (Å²) in [5.74, 6) is 0.149. The highest BCUT2D eigenvalue weighted by molar-refractivity contribution is 5.76. The van der Waals surface area contributed by atoms with E-state index in [-0.39, 0.29) is 11.9 Å². The van der Waals surface area contributed by atoms with Crippen molar-refractivity contribution in [1.82, 2.24) is 10.3 Å². The molecule has 1 N–H and O–H groups in total. The zero-order valence-electron chi connectivity index (χ0n) is 11.5. The van der Waals surface area contributed by atoms with Gasteiger partial charge >= 0.3 is 0 Å². The Labute approximate surface area is 110 Å². The second-order valence-corrected chi connectivity index (χ2v) is 4.73. The molecule has 0 radical (unpaired) electrons. The third-order valence-electron chi connectivity index (χ3n) is 3.09. The summed E-state index contributed by atoms with van der Waals surface area (Å²) in [5.41, 5.74) is 1.10. The average molecular weight is 248 g/mol. The minimum absolute atomic E-state index is 0.0659. The van der Waals surface area contributed by atoms with Gasteiger partial charge in [-0.1, -0.05) is 32.6 Å². The van der Waals surface area contributed by atoms with Crippen molar-refractivity contribution in [3.63, 3.8) is 0 Å². The number of amides is 1. The lowest BCUT2D eigenvalue weighted by Gasteiger charge is -2.13. The molecule has 1 aromatic heterocycles. The maximum Gasteiger partial charge on any atom is 0.220 e. The Balaban J connectivity index is 2.20. The average Bonchev–Trinajstić information content (AvgIpc) is 2.39. The van der Waals surface area contributed by atoms with Gasteiger partial charge in [-0.2, -0.15) is 0 Å². The van der Waals surface area contributed by atoms with E-state index < -0.39 is 0 Å². The third kappa shape index (κ3) is 5.80. The third-order valence-corrected chi connectivity index (χ3v) is 3.09. The summed E-state index contributed by atoms with van der Waals surface area (Å²) >= 11 is 0. The van der Waals surface area contributed by atoms with Gasteiger partial charge in [-0.3, -0.25) is 9.78 Å². The number of unbranched alkanes of at least 4 members (excludes halogenated alkanes) is 4. The molecule has 3 nitrogen and oxygen atoms in total. The van der Waals surface area contributed by atoms with Crippen molar-refractivity contribution < 1.29 is 4.79 Å². The zero-order chi connectivity index (χ0) is 13.2. The topological polar surface area (TPSA) is 42.0 Å². The van der Waals surface area contributed by atoms with Crippen LogP contribution < -0.4 is 5.32 Å². The van der Waals surface area contributed by atoms with Gasteiger partial charge < -0.3 is 5.32 Å². The van der Waals surface area contributed by atoms with Crippen molar-refractivity contribution in [3.8, 4) is 0 Å². The van der Waals surface area contributed by atoms with Crippen LogP contribution in [-0.2, 0) is 4.79 Å². The molecular weight excluding hydrogens is 224 g/mol. The van der Waals surface area contributed by atoms with Crippen LogP contribution in [0.5, 0.6) is 0 Å². The second-order valence-electron chi connectivity index (χ2n) is 4.73. The maximum atomic E-state index is 11.7. The summed E-state index contributed by atoms with van der Waals surface area (Å²) in [6.07, 6.45) is 10.1. The summed E-state index contributed by atoms with van der Waals surface area (Å²) < 4.78 is 0. The molecule has 1 aromatic rings. The van der Waals surface area contributed by atoms with E-state index in [1.54, 1.807) is 12.4 Å². The molecule has 3 heteroatoms. The van der Waals surface area contributed by atoms with E-state index in [9.17, 15) is 4.79 Å². The van der Waals surface area contributed by atoms with Crippen LogP contribution in [0.15, 0.2) is 24.5 Å². The van der Waals surface area contributed by atoms with Crippen LogP contribution in [0.3, 0.4) is 0 Å². The van der Waals surface area contributed by atoms with E-state index in [1.807, 2.05) is 19.1 Å². The SMILES string of the molecule is CCCCCCCC(=O)NC(C)c1ccncc1. The molecule has 1 atom stereocenters.